The van der Waals surface area contributed by atoms with Crippen LogP contribution >= 0.6 is 22.9 Å². The molecule has 1 heterocycles. The van der Waals surface area contributed by atoms with Crippen LogP contribution in [0.2, 0.25) is 5.02 Å². The Balaban J connectivity index is 1.64. The molecule has 1 nitrogen and oxygen atoms in total. The second-order valence-electron chi connectivity index (χ2n) is 6.65. The van der Waals surface area contributed by atoms with E-state index in [9.17, 15) is 0 Å². The minimum Gasteiger partial charge on any atom is -0.309 e. The highest BCUT2D eigenvalue weighted by Crippen LogP contribution is 2.37. The summed E-state index contributed by atoms with van der Waals surface area (Å²) in [6.07, 6.45) is 5.22. The normalized spacial score (nSPS) is 19.6. The summed E-state index contributed by atoms with van der Waals surface area (Å²) in [6, 6.07) is 9.06. The molecule has 0 amide bonds. The van der Waals surface area contributed by atoms with Gasteiger partial charge in [0.2, 0.25) is 0 Å². The molecule has 1 N–H and O–H groups in total. The number of fused-ring (bicyclic) bond motifs is 1. The van der Waals surface area contributed by atoms with Gasteiger partial charge in [-0.1, -0.05) is 43.6 Å². The molecule has 1 fully saturated rings. The van der Waals surface area contributed by atoms with Crippen LogP contribution in [0.1, 0.15) is 44.4 Å². The first-order chi connectivity index (χ1) is 9.55. The van der Waals surface area contributed by atoms with E-state index in [4.69, 9.17) is 11.6 Å². The van der Waals surface area contributed by atoms with Gasteiger partial charge in [-0.15, -0.1) is 11.3 Å². The fourth-order valence-corrected chi connectivity index (χ4v) is 4.47. The summed E-state index contributed by atoms with van der Waals surface area (Å²) in [7, 11) is 0. The molecular formula is C17H22ClNS. The third-order valence-corrected chi connectivity index (χ3v) is 6.21. The fraction of sp³-hybridized carbons (Fsp3) is 0.529. The van der Waals surface area contributed by atoms with Crippen molar-refractivity contribution in [2.24, 2.45) is 5.41 Å². The molecule has 1 saturated carbocycles. The SMILES string of the molecule is CC1(C)CCC(NCc2sc3ccccc3c2Cl)CC1. The summed E-state index contributed by atoms with van der Waals surface area (Å²) in [5.41, 5.74) is 0.535. The number of hydrogen-bond acceptors (Lipinski definition) is 2. The van der Waals surface area contributed by atoms with Crippen LogP contribution in [0.3, 0.4) is 0 Å². The van der Waals surface area contributed by atoms with Crippen molar-refractivity contribution in [1.82, 2.24) is 5.32 Å². The van der Waals surface area contributed by atoms with Crippen LogP contribution in [-0.4, -0.2) is 6.04 Å². The predicted octanol–water partition coefficient (Wildman–Crippen LogP) is 5.61. The zero-order chi connectivity index (χ0) is 14.2. The van der Waals surface area contributed by atoms with Gasteiger partial charge in [-0.05, 0) is 37.2 Å². The summed E-state index contributed by atoms with van der Waals surface area (Å²) >= 11 is 8.31. The molecule has 20 heavy (non-hydrogen) atoms. The molecule has 0 aliphatic heterocycles. The van der Waals surface area contributed by atoms with E-state index in [1.165, 1.54) is 40.6 Å². The molecule has 2 aromatic rings. The molecule has 1 aromatic carbocycles. The zero-order valence-corrected chi connectivity index (χ0v) is 13.8. The quantitative estimate of drug-likeness (QED) is 0.776. The summed E-state index contributed by atoms with van der Waals surface area (Å²) in [4.78, 5) is 1.28. The Labute approximate surface area is 130 Å². The number of thiophene rings is 1. The number of rotatable bonds is 3. The Morgan fingerprint density at radius 3 is 2.65 bits per heavy atom. The Morgan fingerprint density at radius 2 is 1.95 bits per heavy atom. The highest BCUT2D eigenvalue weighted by molar-refractivity contribution is 7.19. The van der Waals surface area contributed by atoms with Crippen LogP contribution in [0.25, 0.3) is 10.1 Å². The number of halogens is 1. The van der Waals surface area contributed by atoms with E-state index in [-0.39, 0.29) is 0 Å². The van der Waals surface area contributed by atoms with Crippen molar-refractivity contribution in [3.8, 4) is 0 Å². The maximum absolute atomic E-state index is 6.49. The van der Waals surface area contributed by atoms with Crippen molar-refractivity contribution in [3.05, 3.63) is 34.2 Å². The van der Waals surface area contributed by atoms with Crippen molar-refractivity contribution >= 4 is 33.0 Å². The van der Waals surface area contributed by atoms with E-state index in [1.807, 2.05) is 11.3 Å². The second kappa shape index (κ2) is 5.67. The first-order valence-corrected chi connectivity index (χ1v) is 8.64. The molecule has 0 saturated heterocycles. The molecule has 1 aliphatic carbocycles. The lowest BCUT2D eigenvalue weighted by Gasteiger charge is -2.34. The average Bonchev–Trinajstić information content (AvgIpc) is 2.75. The summed E-state index contributed by atoms with van der Waals surface area (Å²) in [5, 5.41) is 5.84. The van der Waals surface area contributed by atoms with Gasteiger partial charge >= 0.3 is 0 Å². The lowest BCUT2D eigenvalue weighted by molar-refractivity contribution is 0.206. The van der Waals surface area contributed by atoms with Crippen molar-refractivity contribution in [2.45, 2.75) is 52.1 Å². The van der Waals surface area contributed by atoms with Gasteiger partial charge in [-0.2, -0.15) is 0 Å². The lowest BCUT2D eigenvalue weighted by atomic mass is 9.75. The van der Waals surface area contributed by atoms with Crippen LogP contribution in [0.4, 0.5) is 0 Å². The summed E-state index contributed by atoms with van der Waals surface area (Å²) in [6.45, 7) is 5.67. The van der Waals surface area contributed by atoms with E-state index in [0.717, 1.165) is 11.6 Å². The standard InChI is InChI=1S/C17H22ClNS/c1-17(2)9-7-12(8-10-17)19-11-15-16(18)13-5-3-4-6-14(13)20-15/h3-6,12,19H,7-11H2,1-2H3. The highest BCUT2D eigenvalue weighted by Gasteiger charge is 2.26. The molecular weight excluding hydrogens is 286 g/mol. The molecule has 108 valence electrons. The average molecular weight is 308 g/mol. The minimum absolute atomic E-state index is 0.535. The monoisotopic (exact) mass is 307 g/mol. The van der Waals surface area contributed by atoms with Crippen LogP contribution in [0, 0.1) is 5.41 Å². The van der Waals surface area contributed by atoms with E-state index in [0.29, 0.717) is 11.5 Å². The Hall–Kier alpha value is -0.570. The molecule has 3 heteroatoms. The second-order valence-corrected chi connectivity index (χ2v) is 8.17. The first-order valence-electron chi connectivity index (χ1n) is 7.44. The first kappa shape index (κ1) is 14.4. The molecule has 0 radical (unpaired) electrons. The van der Waals surface area contributed by atoms with Crippen LogP contribution in [-0.2, 0) is 6.54 Å². The molecule has 3 rings (SSSR count). The van der Waals surface area contributed by atoms with Gasteiger partial charge in [0.15, 0.2) is 0 Å². The third-order valence-electron chi connectivity index (χ3n) is 4.49. The number of hydrogen-bond donors (Lipinski definition) is 1. The maximum Gasteiger partial charge on any atom is 0.0636 e. The van der Waals surface area contributed by atoms with Crippen molar-refractivity contribution in [1.29, 1.82) is 0 Å². The predicted molar refractivity (Wildman–Crippen MR) is 89.7 cm³/mol. The van der Waals surface area contributed by atoms with Crippen molar-refractivity contribution < 1.29 is 0 Å². The highest BCUT2D eigenvalue weighted by atomic mass is 35.5. The van der Waals surface area contributed by atoms with Gasteiger partial charge in [0.1, 0.15) is 0 Å². The van der Waals surface area contributed by atoms with Gasteiger partial charge in [0.25, 0.3) is 0 Å². The van der Waals surface area contributed by atoms with Crippen molar-refractivity contribution in [3.63, 3.8) is 0 Å². The van der Waals surface area contributed by atoms with Gasteiger partial charge in [-0.25, -0.2) is 0 Å². The molecule has 0 spiro atoms. The Morgan fingerprint density at radius 1 is 1.25 bits per heavy atom. The molecule has 1 aromatic heterocycles. The van der Waals surface area contributed by atoms with Gasteiger partial charge in [0.05, 0.1) is 5.02 Å². The maximum atomic E-state index is 6.49. The number of benzene rings is 1. The topological polar surface area (TPSA) is 12.0 Å². The summed E-state index contributed by atoms with van der Waals surface area (Å²) < 4.78 is 1.29. The molecule has 1 aliphatic rings. The van der Waals surface area contributed by atoms with Gasteiger partial charge < -0.3 is 5.32 Å². The molecule has 0 unspecified atom stereocenters. The zero-order valence-electron chi connectivity index (χ0n) is 12.2. The van der Waals surface area contributed by atoms with Crippen LogP contribution in [0.5, 0.6) is 0 Å². The summed E-state index contributed by atoms with van der Waals surface area (Å²) in [5.74, 6) is 0. The van der Waals surface area contributed by atoms with E-state index >= 15 is 0 Å². The minimum atomic E-state index is 0.535. The third kappa shape index (κ3) is 3.03. The van der Waals surface area contributed by atoms with Crippen LogP contribution in [0.15, 0.2) is 24.3 Å². The van der Waals surface area contributed by atoms with Crippen LogP contribution < -0.4 is 5.32 Å². The molecule has 0 bridgehead atoms. The van der Waals surface area contributed by atoms with Gasteiger partial charge in [-0.3, -0.25) is 0 Å². The van der Waals surface area contributed by atoms with E-state index < -0.39 is 0 Å². The lowest BCUT2D eigenvalue weighted by Crippen LogP contribution is -2.35. The molecule has 0 atom stereocenters. The van der Waals surface area contributed by atoms with Crippen molar-refractivity contribution in [2.75, 3.05) is 0 Å². The Kier molecular flexibility index (Phi) is 4.07. The fourth-order valence-electron chi connectivity index (χ4n) is 3.02. The van der Waals surface area contributed by atoms with Gasteiger partial charge in [0, 0.05) is 27.5 Å². The van der Waals surface area contributed by atoms with E-state index in [1.54, 1.807) is 0 Å². The van der Waals surface area contributed by atoms with E-state index in [2.05, 4.69) is 43.4 Å². The smallest absolute Gasteiger partial charge is 0.0636 e. The largest absolute Gasteiger partial charge is 0.309 e. The number of nitrogens with one attached hydrogen (secondary N) is 1. The Bertz CT molecular complexity index is 592.